The summed E-state index contributed by atoms with van der Waals surface area (Å²) < 4.78 is 36.2. The summed E-state index contributed by atoms with van der Waals surface area (Å²) in [5.74, 6) is -0.452. The molecule has 2 aromatic carbocycles. The second-order valence-corrected chi connectivity index (χ2v) is 8.31. The van der Waals surface area contributed by atoms with E-state index in [0.29, 0.717) is 23.7 Å². The molecule has 0 bridgehead atoms. The lowest BCUT2D eigenvalue weighted by Gasteiger charge is -2.28. The molecular formula is C21H26N2O6S. The highest BCUT2D eigenvalue weighted by atomic mass is 32.2. The number of nitrogens with one attached hydrogen (secondary N) is 1. The van der Waals surface area contributed by atoms with Crippen LogP contribution in [-0.4, -0.2) is 45.8 Å². The van der Waals surface area contributed by atoms with Gasteiger partial charge in [0.05, 0.1) is 30.7 Å². The van der Waals surface area contributed by atoms with Crippen molar-refractivity contribution in [3.8, 4) is 5.75 Å². The molecule has 30 heavy (non-hydrogen) atoms. The van der Waals surface area contributed by atoms with Gasteiger partial charge in [0, 0.05) is 5.69 Å². The average molecular weight is 435 g/mol. The number of esters is 1. The fourth-order valence-corrected chi connectivity index (χ4v) is 4.02. The average Bonchev–Trinajstić information content (AvgIpc) is 2.69. The van der Waals surface area contributed by atoms with E-state index >= 15 is 0 Å². The molecule has 0 unspecified atom stereocenters. The second-order valence-electron chi connectivity index (χ2n) is 6.45. The molecule has 0 aliphatic carbocycles. The smallest absolute Gasteiger partial charge is 0.338 e. The Morgan fingerprint density at radius 3 is 2.30 bits per heavy atom. The van der Waals surface area contributed by atoms with Gasteiger partial charge >= 0.3 is 5.97 Å². The van der Waals surface area contributed by atoms with Gasteiger partial charge in [-0.3, -0.25) is 9.10 Å². The van der Waals surface area contributed by atoms with E-state index in [0.717, 1.165) is 10.6 Å². The SMILES string of the molecule is CCOC(=O)c1cccc(NC(=O)[C@H](C)N(c2ccc(OCC)cc2)S(C)(=O)=O)c1. The molecule has 0 aromatic heterocycles. The first kappa shape index (κ1) is 23.2. The zero-order valence-corrected chi connectivity index (χ0v) is 18.2. The zero-order valence-electron chi connectivity index (χ0n) is 17.4. The maximum Gasteiger partial charge on any atom is 0.338 e. The Kier molecular flexibility index (Phi) is 7.82. The number of rotatable bonds is 9. The van der Waals surface area contributed by atoms with Crippen LogP contribution in [0.25, 0.3) is 0 Å². The van der Waals surface area contributed by atoms with Crippen molar-refractivity contribution in [2.24, 2.45) is 0 Å². The fourth-order valence-electron chi connectivity index (χ4n) is 2.85. The lowest BCUT2D eigenvalue weighted by atomic mass is 10.2. The van der Waals surface area contributed by atoms with Crippen molar-refractivity contribution in [3.05, 3.63) is 54.1 Å². The van der Waals surface area contributed by atoms with Crippen LogP contribution in [0.1, 0.15) is 31.1 Å². The zero-order chi connectivity index (χ0) is 22.3. The van der Waals surface area contributed by atoms with Crippen LogP contribution in [0.3, 0.4) is 0 Å². The summed E-state index contributed by atoms with van der Waals surface area (Å²) in [4.78, 5) is 24.7. The van der Waals surface area contributed by atoms with Crippen molar-refractivity contribution in [1.82, 2.24) is 0 Å². The predicted molar refractivity (Wildman–Crippen MR) is 115 cm³/mol. The molecule has 2 aromatic rings. The van der Waals surface area contributed by atoms with E-state index in [2.05, 4.69) is 5.32 Å². The van der Waals surface area contributed by atoms with E-state index in [9.17, 15) is 18.0 Å². The molecule has 2 rings (SSSR count). The molecule has 1 atom stereocenters. The second kappa shape index (κ2) is 10.1. The Morgan fingerprint density at radius 1 is 1.07 bits per heavy atom. The van der Waals surface area contributed by atoms with Gasteiger partial charge in [-0.1, -0.05) is 6.07 Å². The molecule has 9 heteroatoms. The summed E-state index contributed by atoms with van der Waals surface area (Å²) in [5, 5.41) is 2.66. The maximum atomic E-state index is 12.8. The van der Waals surface area contributed by atoms with Crippen molar-refractivity contribution in [2.75, 3.05) is 29.1 Å². The Bertz CT molecular complexity index is 989. The quantitative estimate of drug-likeness (QED) is 0.609. The lowest BCUT2D eigenvalue weighted by molar-refractivity contribution is -0.116. The number of amides is 1. The van der Waals surface area contributed by atoms with Crippen LogP contribution >= 0.6 is 0 Å². The van der Waals surface area contributed by atoms with Crippen LogP contribution in [0.4, 0.5) is 11.4 Å². The Labute approximate surface area is 176 Å². The normalized spacial score (nSPS) is 12.0. The molecule has 0 fully saturated rings. The monoisotopic (exact) mass is 434 g/mol. The number of carbonyl (C=O) groups is 2. The third-order valence-electron chi connectivity index (χ3n) is 4.13. The highest BCUT2D eigenvalue weighted by Crippen LogP contribution is 2.24. The molecule has 0 saturated carbocycles. The maximum absolute atomic E-state index is 12.8. The van der Waals surface area contributed by atoms with Crippen molar-refractivity contribution < 1.29 is 27.5 Å². The molecule has 1 N–H and O–H groups in total. The molecule has 0 aliphatic rings. The van der Waals surface area contributed by atoms with E-state index in [1.54, 1.807) is 49.4 Å². The lowest BCUT2D eigenvalue weighted by Crippen LogP contribution is -2.45. The van der Waals surface area contributed by atoms with Crippen LogP contribution < -0.4 is 14.4 Å². The number of hydrogen-bond donors (Lipinski definition) is 1. The molecule has 0 saturated heterocycles. The number of hydrogen-bond acceptors (Lipinski definition) is 6. The first-order chi connectivity index (χ1) is 14.2. The Balaban J connectivity index is 2.24. The van der Waals surface area contributed by atoms with Crippen LogP contribution in [0.15, 0.2) is 48.5 Å². The Hall–Kier alpha value is -3.07. The van der Waals surface area contributed by atoms with E-state index in [1.807, 2.05) is 6.92 Å². The van der Waals surface area contributed by atoms with Gasteiger partial charge in [-0.25, -0.2) is 13.2 Å². The molecule has 0 spiro atoms. The fraction of sp³-hybridized carbons (Fsp3) is 0.333. The number of carbonyl (C=O) groups excluding carboxylic acids is 2. The molecule has 0 heterocycles. The molecule has 162 valence electrons. The van der Waals surface area contributed by atoms with Crippen LogP contribution in [-0.2, 0) is 19.6 Å². The van der Waals surface area contributed by atoms with Gasteiger partial charge in [-0.2, -0.15) is 0 Å². The van der Waals surface area contributed by atoms with Gasteiger partial charge in [0.25, 0.3) is 0 Å². The highest BCUT2D eigenvalue weighted by molar-refractivity contribution is 7.92. The first-order valence-corrected chi connectivity index (χ1v) is 11.3. The van der Waals surface area contributed by atoms with E-state index in [1.165, 1.54) is 13.0 Å². The van der Waals surface area contributed by atoms with Gasteiger partial charge in [0.15, 0.2) is 0 Å². The van der Waals surface area contributed by atoms with Gasteiger partial charge in [-0.15, -0.1) is 0 Å². The minimum atomic E-state index is -3.75. The van der Waals surface area contributed by atoms with Crippen molar-refractivity contribution >= 4 is 33.3 Å². The first-order valence-electron chi connectivity index (χ1n) is 9.47. The third kappa shape index (κ3) is 5.96. The number of sulfonamides is 1. The summed E-state index contributed by atoms with van der Waals surface area (Å²) >= 11 is 0. The minimum absolute atomic E-state index is 0.234. The number of nitrogens with zero attached hydrogens (tertiary/aromatic N) is 1. The van der Waals surface area contributed by atoms with Crippen molar-refractivity contribution in [2.45, 2.75) is 26.8 Å². The summed E-state index contributed by atoms with van der Waals surface area (Å²) in [7, 11) is -3.75. The molecule has 0 radical (unpaired) electrons. The van der Waals surface area contributed by atoms with Crippen LogP contribution in [0.5, 0.6) is 5.75 Å². The van der Waals surface area contributed by atoms with Crippen LogP contribution in [0, 0.1) is 0 Å². The van der Waals surface area contributed by atoms with Gasteiger partial charge in [-0.05, 0) is 63.2 Å². The van der Waals surface area contributed by atoms with Crippen molar-refractivity contribution in [3.63, 3.8) is 0 Å². The van der Waals surface area contributed by atoms with E-state index in [4.69, 9.17) is 9.47 Å². The summed E-state index contributed by atoms with van der Waals surface area (Å²) in [5.41, 5.74) is 0.982. The third-order valence-corrected chi connectivity index (χ3v) is 5.37. The summed E-state index contributed by atoms with van der Waals surface area (Å²) in [6.45, 7) is 5.75. The molecular weight excluding hydrogens is 408 g/mol. The van der Waals surface area contributed by atoms with E-state index < -0.39 is 27.9 Å². The van der Waals surface area contributed by atoms with Gasteiger partial charge in [0.1, 0.15) is 11.8 Å². The topological polar surface area (TPSA) is 102 Å². The standard InChI is InChI=1S/C21H26N2O6S/c1-5-28-19-12-10-18(11-13-19)23(30(4,26)27)15(3)20(24)22-17-9-7-8-16(14-17)21(25)29-6-2/h7-15H,5-6H2,1-4H3,(H,22,24)/t15-/m0/s1. The Morgan fingerprint density at radius 2 is 1.73 bits per heavy atom. The van der Waals surface area contributed by atoms with E-state index in [-0.39, 0.29) is 12.2 Å². The number of anilines is 2. The van der Waals surface area contributed by atoms with Crippen molar-refractivity contribution in [1.29, 1.82) is 0 Å². The summed E-state index contributed by atoms with van der Waals surface area (Å²) in [6.07, 6.45) is 1.04. The minimum Gasteiger partial charge on any atom is -0.494 e. The predicted octanol–water partition coefficient (Wildman–Crippen LogP) is 3.06. The molecule has 1 amide bonds. The molecule has 8 nitrogen and oxygen atoms in total. The van der Waals surface area contributed by atoms with Gasteiger partial charge in [0.2, 0.25) is 15.9 Å². The molecule has 0 aliphatic heterocycles. The van der Waals surface area contributed by atoms with Gasteiger partial charge < -0.3 is 14.8 Å². The number of benzene rings is 2. The van der Waals surface area contributed by atoms with Crippen LogP contribution in [0.2, 0.25) is 0 Å². The summed E-state index contributed by atoms with van der Waals surface area (Å²) in [6, 6.07) is 11.7. The number of ether oxygens (including phenoxy) is 2. The largest absolute Gasteiger partial charge is 0.494 e. The highest BCUT2D eigenvalue weighted by Gasteiger charge is 2.29.